The molecule has 0 spiro atoms. The molecule has 0 radical (unpaired) electrons. The summed E-state index contributed by atoms with van der Waals surface area (Å²) in [5.74, 6) is 2.55. The Kier molecular flexibility index (Phi) is 1.51. The molecule has 60 valence electrons. The first-order chi connectivity index (χ1) is 5.81. The summed E-state index contributed by atoms with van der Waals surface area (Å²) in [5, 5.41) is 0. The van der Waals surface area contributed by atoms with Crippen molar-refractivity contribution in [1.29, 1.82) is 0 Å². The van der Waals surface area contributed by atoms with Crippen molar-refractivity contribution in [2.24, 2.45) is 0 Å². The quantitative estimate of drug-likeness (QED) is 0.528. The third-order valence-electron chi connectivity index (χ3n) is 1.93. The van der Waals surface area contributed by atoms with Gasteiger partial charge in [0.05, 0.1) is 12.2 Å². The van der Waals surface area contributed by atoms with Crippen molar-refractivity contribution in [3.05, 3.63) is 29.1 Å². The van der Waals surface area contributed by atoms with E-state index < -0.39 is 0 Å². The summed E-state index contributed by atoms with van der Waals surface area (Å²) in [6, 6.07) is 3.04. The van der Waals surface area contributed by atoms with Crippen LogP contribution in [0.15, 0.2) is 12.1 Å². The molecule has 2 rings (SSSR count). The fourth-order valence-corrected chi connectivity index (χ4v) is 1.31. The highest BCUT2D eigenvalue weighted by Crippen LogP contribution is 2.27. The molecule has 0 saturated carbocycles. The van der Waals surface area contributed by atoms with E-state index in [1.165, 1.54) is 6.07 Å². The highest BCUT2D eigenvalue weighted by Gasteiger charge is 2.14. The Hall–Kier alpha value is -1.49. The Balaban J connectivity index is 2.59. The van der Waals surface area contributed by atoms with Crippen molar-refractivity contribution in [3.8, 4) is 18.1 Å². The lowest BCUT2D eigenvalue weighted by Gasteiger charge is -1.99. The Morgan fingerprint density at radius 2 is 2.33 bits per heavy atom. The van der Waals surface area contributed by atoms with Gasteiger partial charge in [0.15, 0.2) is 0 Å². The predicted molar refractivity (Wildman–Crippen MR) is 43.5 cm³/mol. The third kappa shape index (κ3) is 0.947. The van der Waals surface area contributed by atoms with E-state index in [1.54, 1.807) is 6.07 Å². The summed E-state index contributed by atoms with van der Waals surface area (Å²) >= 11 is 0. The van der Waals surface area contributed by atoms with Crippen LogP contribution in [0.5, 0.6) is 5.75 Å². The van der Waals surface area contributed by atoms with Crippen LogP contribution < -0.4 is 4.74 Å². The van der Waals surface area contributed by atoms with Crippen LogP contribution in [0.1, 0.15) is 11.1 Å². The minimum atomic E-state index is -0.377. The van der Waals surface area contributed by atoms with E-state index in [9.17, 15) is 4.39 Å². The largest absolute Gasteiger partial charge is 0.493 e. The molecule has 12 heavy (non-hydrogen) atoms. The molecule has 1 aliphatic heterocycles. The number of ether oxygens (including phenoxy) is 1. The second-order valence-electron chi connectivity index (χ2n) is 2.68. The highest BCUT2D eigenvalue weighted by molar-refractivity contribution is 5.46. The van der Waals surface area contributed by atoms with Gasteiger partial charge in [-0.3, -0.25) is 0 Å². The molecule has 0 aliphatic carbocycles. The summed E-state index contributed by atoms with van der Waals surface area (Å²) in [6.45, 7) is 0.628. The first-order valence-corrected chi connectivity index (χ1v) is 3.73. The van der Waals surface area contributed by atoms with Gasteiger partial charge in [-0.15, -0.1) is 6.42 Å². The number of benzene rings is 1. The first-order valence-electron chi connectivity index (χ1n) is 3.73. The number of rotatable bonds is 0. The second kappa shape index (κ2) is 2.53. The van der Waals surface area contributed by atoms with E-state index in [1.807, 2.05) is 0 Å². The van der Waals surface area contributed by atoms with Gasteiger partial charge in [0.1, 0.15) is 11.6 Å². The van der Waals surface area contributed by atoms with Crippen LogP contribution in [-0.2, 0) is 6.42 Å². The minimum absolute atomic E-state index is 0.319. The first kappa shape index (κ1) is 7.17. The molecular weight excluding hydrogens is 155 g/mol. The van der Waals surface area contributed by atoms with Crippen LogP contribution in [-0.4, -0.2) is 6.61 Å². The molecule has 0 saturated heterocycles. The summed E-state index contributed by atoms with van der Waals surface area (Å²) in [4.78, 5) is 0. The zero-order valence-electron chi connectivity index (χ0n) is 6.43. The van der Waals surface area contributed by atoms with Crippen molar-refractivity contribution in [1.82, 2.24) is 0 Å². The molecule has 0 amide bonds. The molecule has 0 fully saturated rings. The summed E-state index contributed by atoms with van der Waals surface area (Å²) < 4.78 is 18.2. The lowest BCUT2D eigenvalue weighted by molar-refractivity contribution is 0.355. The van der Waals surface area contributed by atoms with Gasteiger partial charge in [-0.2, -0.15) is 0 Å². The van der Waals surface area contributed by atoms with Crippen molar-refractivity contribution >= 4 is 0 Å². The van der Waals surface area contributed by atoms with E-state index in [0.717, 1.165) is 12.0 Å². The van der Waals surface area contributed by atoms with E-state index in [-0.39, 0.29) is 5.82 Å². The standard InChI is InChI=1S/C10H7FO/c1-2-7-5-8-3-4-12-10(8)6-9(7)11/h1,5-6H,3-4H2. The Labute approximate surface area is 70.2 Å². The van der Waals surface area contributed by atoms with Crippen LogP contribution in [0.25, 0.3) is 0 Å². The van der Waals surface area contributed by atoms with Crippen molar-refractivity contribution in [2.75, 3.05) is 6.61 Å². The number of hydrogen-bond donors (Lipinski definition) is 0. The number of halogens is 1. The molecule has 0 unspecified atom stereocenters. The van der Waals surface area contributed by atoms with E-state index >= 15 is 0 Å². The number of fused-ring (bicyclic) bond motifs is 1. The van der Waals surface area contributed by atoms with E-state index in [0.29, 0.717) is 17.9 Å². The molecule has 0 bridgehead atoms. The van der Waals surface area contributed by atoms with Crippen LogP contribution in [0.2, 0.25) is 0 Å². The normalized spacial score (nSPS) is 13.3. The molecule has 1 aliphatic rings. The maximum atomic E-state index is 13.0. The van der Waals surface area contributed by atoms with Crippen LogP contribution in [0, 0.1) is 18.2 Å². The zero-order chi connectivity index (χ0) is 8.55. The monoisotopic (exact) mass is 162 g/mol. The van der Waals surface area contributed by atoms with Crippen molar-refractivity contribution < 1.29 is 9.13 Å². The zero-order valence-corrected chi connectivity index (χ0v) is 6.43. The predicted octanol–water partition coefficient (Wildman–Crippen LogP) is 1.74. The SMILES string of the molecule is C#Cc1cc2c(cc1F)OCC2. The molecule has 0 N–H and O–H groups in total. The minimum Gasteiger partial charge on any atom is -0.493 e. The van der Waals surface area contributed by atoms with E-state index in [2.05, 4.69) is 5.92 Å². The lowest BCUT2D eigenvalue weighted by Crippen LogP contribution is -1.87. The van der Waals surface area contributed by atoms with Crippen LogP contribution in [0.4, 0.5) is 4.39 Å². The number of hydrogen-bond acceptors (Lipinski definition) is 1. The van der Waals surface area contributed by atoms with Gasteiger partial charge in [-0.05, 0) is 11.6 Å². The van der Waals surface area contributed by atoms with Gasteiger partial charge >= 0.3 is 0 Å². The lowest BCUT2D eigenvalue weighted by atomic mass is 10.1. The Morgan fingerprint density at radius 3 is 3.08 bits per heavy atom. The van der Waals surface area contributed by atoms with Gasteiger partial charge in [0.2, 0.25) is 0 Å². The topological polar surface area (TPSA) is 9.23 Å². The molecule has 1 heterocycles. The van der Waals surface area contributed by atoms with Gasteiger partial charge < -0.3 is 4.74 Å². The maximum Gasteiger partial charge on any atom is 0.142 e. The van der Waals surface area contributed by atoms with Crippen LogP contribution >= 0.6 is 0 Å². The second-order valence-corrected chi connectivity index (χ2v) is 2.68. The van der Waals surface area contributed by atoms with E-state index in [4.69, 9.17) is 11.2 Å². The summed E-state index contributed by atoms with van der Waals surface area (Å²) in [7, 11) is 0. The van der Waals surface area contributed by atoms with Crippen molar-refractivity contribution in [3.63, 3.8) is 0 Å². The smallest absolute Gasteiger partial charge is 0.142 e. The number of terminal acetylenes is 1. The molecular formula is C10H7FO. The van der Waals surface area contributed by atoms with Gasteiger partial charge in [0, 0.05) is 12.5 Å². The molecule has 1 aromatic carbocycles. The fourth-order valence-electron chi connectivity index (χ4n) is 1.31. The average molecular weight is 162 g/mol. The van der Waals surface area contributed by atoms with Gasteiger partial charge in [-0.1, -0.05) is 5.92 Å². The molecule has 0 atom stereocenters. The average Bonchev–Trinajstić information content (AvgIpc) is 2.49. The van der Waals surface area contributed by atoms with Gasteiger partial charge in [0.25, 0.3) is 0 Å². The Morgan fingerprint density at radius 1 is 1.50 bits per heavy atom. The maximum absolute atomic E-state index is 13.0. The Bertz CT molecular complexity index is 362. The third-order valence-corrected chi connectivity index (χ3v) is 1.93. The molecule has 1 aromatic rings. The van der Waals surface area contributed by atoms with Crippen LogP contribution in [0.3, 0.4) is 0 Å². The molecule has 0 aromatic heterocycles. The van der Waals surface area contributed by atoms with Gasteiger partial charge in [-0.25, -0.2) is 4.39 Å². The highest BCUT2D eigenvalue weighted by atomic mass is 19.1. The van der Waals surface area contributed by atoms with Crippen molar-refractivity contribution in [2.45, 2.75) is 6.42 Å². The molecule has 1 nitrogen and oxygen atoms in total. The fraction of sp³-hybridized carbons (Fsp3) is 0.200. The molecule has 2 heteroatoms. The summed E-state index contributed by atoms with van der Waals surface area (Å²) in [5.41, 5.74) is 1.32. The summed E-state index contributed by atoms with van der Waals surface area (Å²) in [6.07, 6.45) is 5.94.